The van der Waals surface area contributed by atoms with Crippen LogP contribution in [0.4, 0.5) is 5.69 Å². The average molecular weight is 525 g/mol. The van der Waals surface area contributed by atoms with Crippen LogP contribution >= 0.6 is 0 Å². The number of fused-ring (bicyclic) bond motifs is 2. The number of ether oxygens (including phenoxy) is 1. The number of rotatable bonds is 8. The van der Waals surface area contributed by atoms with Crippen LogP contribution in [0.5, 0.6) is 5.75 Å². The van der Waals surface area contributed by atoms with Gasteiger partial charge in [-0.05, 0) is 92.1 Å². The number of aryl methyl sites for hydroxylation is 1. The average Bonchev–Trinajstić information content (AvgIpc) is 3.63. The van der Waals surface area contributed by atoms with E-state index in [4.69, 9.17) is 9.84 Å². The van der Waals surface area contributed by atoms with Crippen LogP contribution < -0.4 is 10.1 Å². The number of carbonyl (C=O) groups is 2. The summed E-state index contributed by atoms with van der Waals surface area (Å²) in [5.41, 5.74) is 4.38. The molecule has 200 valence electrons. The molecule has 7 heteroatoms. The Morgan fingerprint density at radius 3 is 2.67 bits per heavy atom. The first kappa shape index (κ1) is 26.5. The summed E-state index contributed by atoms with van der Waals surface area (Å²) in [6.07, 6.45) is 2.41. The van der Waals surface area contributed by atoms with Crippen molar-refractivity contribution in [3.8, 4) is 22.9 Å². The summed E-state index contributed by atoms with van der Waals surface area (Å²) in [6.45, 7) is 4.06. The fraction of sp³-hybridized carbons (Fsp3) is 0.344. The number of hydrogen-bond acceptors (Lipinski definition) is 5. The second-order valence-corrected chi connectivity index (χ2v) is 11.1. The normalized spacial score (nSPS) is 19.5. The zero-order chi connectivity index (χ0) is 27.8. The zero-order valence-electron chi connectivity index (χ0n) is 22.2. The van der Waals surface area contributed by atoms with Gasteiger partial charge in [0.05, 0.1) is 23.8 Å². The number of aliphatic hydroxyl groups is 1. The van der Waals surface area contributed by atoms with Crippen LogP contribution in [0.2, 0.25) is 0 Å². The molecule has 0 unspecified atom stereocenters. The first-order chi connectivity index (χ1) is 18.6. The Morgan fingerprint density at radius 2 is 1.92 bits per heavy atom. The largest absolute Gasteiger partial charge is 0.493 e. The van der Waals surface area contributed by atoms with Crippen molar-refractivity contribution < 1.29 is 24.5 Å². The molecule has 1 fully saturated rings. The third-order valence-electron chi connectivity index (χ3n) is 7.95. The molecule has 39 heavy (non-hydrogen) atoms. The van der Waals surface area contributed by atoms with Crippen LogP contribution in [-0.4, -0.2) is 28.7 Å². The maximum absolute atomic E-state index is 13.5. The van der Waals surface area contributed by atoms with Gasteiger partial charge in [-0.25, -0.2) is 0 Å². The number of amides is 1. The molecule has 3 aromatic rings. The number of nitrogens with zero attached hydrogens (tertiary/aromatic N) is 1. The molecule has 0 radical (unpaired) electrons. The Balaban J connectivity index is 1.40. The number of anilines is 1. The van der Waals surface area contributed by atoms with Crippen LogP contribution in [0.25, 0.3) is 11.1 Å². The molecule has 3 N–H and O–H groups in total. The second-order valence-electron chi connectivity index (χ2n) is 11.1. The Kier molecular flexibility index (Phi) is 6.92. The minimum absolute atomic E-state index is 0.0386. The summed E-state index contributed by atoms with van der Waals surface area (Å²) in [5, 5.41) is 31.9. The number of nitrogens with one attached hydrogen (secondary N) is 1. The summed E-state index contributed by atoms with van der Waals surface area (Å²) in [6, 6.07) is 21.2. The maximum atomic E-state index is 13.5. The van der Waals surface area contributed by atoms with Gasteiger partial charge in [-0.3, -0.25) is 9.59 Å². The van der Waals surface area contributed by atoms with E-state index in [9.17, 15) is 20.0 Å². The number of carbonyl (C=O) groups excluding carboxylic acids is 1. The lowest BCUT2D eigenvalue weighted by molar-refractivity contribution is -0.137. The molecule has 1 aliphatic heterocycles. The van der Waals surface area contributed by atoms with Crippen LogP contribution in [-0.2, 0) is 27.0 Å². The predicted molar refractivity (Wildman–Crippen MR) is 147 cm³/mol. The van der Waals surface area contributed by atoms with Gasteiger partial charge in [0.15, 0.2) is 0 Å². The minimum atomic E-state index is -0.955. The highest BCUT2D eigenvalue weighted by Crippen LogP contribution is 2.61. The van der Waals surface area contributed by atoms with Gasteiger partial charge in [0.1, 0.15) is 5.75 Å². The summed E-state index contributed by atoms with van der Waals surface area (Å²) in [4.78, 5) is 24.5. The standard InChI is InChI=1S/C32H32N2O5/c1-31(2,38)24-7-3-6-22(16-24)23-11-12-28-25(17-23)32(13-14-39-28)18-26(32)30(37)34-27-15-20(19-33)9-10-21(27)5-4-8-29(35)36/h3,6-7,9-12,15-17,26,38H,4-5,8,13-14,18H2,1-2H3,(H,34,37)(H,35,36)/t26-,32-/m0/s1. The highest BCUT2D eigenvalue weighted by atomic mass is 16.5. The minimum Gasteiger partial charge on any atom is -0.493 e. The van der Waals surface area contributed by atoms with Gasteiger partial charge in [-0.1, -0.05) is 30.3 Å². The van der Waals surface area contributed by atoms with Crippen molar-refractivity contribution in [1.29, 1.82) is 5.26 Å². The third-order valence-corrected chi connectivity index (χ3v) is 7.95. The van der Waals surface area contributed by atoms with Gasteiger partial charge < -0.3 is 20.3 Å². The fourth-order valence-electron chi connectivity index (χ4n) is 5.63. The van der Waals surface area contributed by atoms with Crippen molar-refractivity contribution in [2.75, 3.05) is 11.9 Å². The van der Waals surface area contributed by atoms with E-state index in [1.54, 1.807) is 32.0 Å². The first-order valence-corrected chi connectivity index (χ1v) is 13.3. The van der Waals surface area contributed by atoms with Crippen LogP contribution in [0, 0.1) is 17.2 Å². The molecule has 0 aromatic heterocycles. The maximum Gasteiger partial charge on any atom is 0.303 e. The van der Waals surface area contributed by atoms with Crippen molar-refractivity contribution in [3.63, 3.8) is 0 Å². The van der Waals surface area contributed by atoms with Gasteiger partial charge in [-0.2, -0.15) is 5.26 Å². The molecule has 2 atom stereocenters. The monoisotopic (exact) mass is 524 g/mol. The third kappa shape index (κ3) is 5.39. The number of carboxylic acid groups (broad SMARTS) is 1. The van der Waals surface area contributed by atoms with E-state index in [-0.39, 0.29) is 23.7 Å². The summed E-state index contributed by atoms with van der Waals surface area (Å²) in [7, 11) is 0. The van der Waals surface area contributed by atoms with E-state index in [1.807, 2.05) is 36.4 Å². The first-order valence-electron chi connectivity index (χ1n) is 13.3. The Morgan fingerprint density at radius 1 is 1.13 bits per heavy atom. The fourth-order valence-corrected chi connectivity index (χ4v) is 5.63. The molecule has 0 saturated heterocycles. The quantitative estimate of drug-likeness (QED) is 0.356. The highest BCUT2D eigenvalue weighted by Gasteiger charge is 2.61. The Labute approximate surface area is 228 Å². The molecule has 1 amide bonds. The molecule has 1 aliphatic carbocycles. The molecule has 3 aromatic carbocycles. The van der Waals surface area contributed by atoms with Crippen LogP contribution in [0.1, 0.15) is 61.8 Å². The zero-order valence-corrected chi connectivity index (χ0v) is 22.2. The molecule has 5 rings (SSSR count). The van der Waals surface area contributed by atoms with Gasteiger partial charge >= 0.3 is 5.97 Å². The van der Waals surface area contributed by atoms with E-state index in [2.05, 4.69) is 17.5 Å². The van der Waals surface area contributed by atoms with Crippen molar-refractivity contribution in [1.82, 2.24) is 0 Å². The predicted octanol–water partition coefficient (Wildman–Crippen LogP) is 5.54. The highest BCUT2D eigenvalue weighted by molar-refractivity contribution is 5.97. The van der Waals surface area contributed by atoms with Crippen LogP contribution in [0.15, 0.2) is 60.7 Å². The molecule has 2 aliphatic rings. The Bertz CT molecular complexity index is 1480. The molecule has 7 nitrogen and oxygen atoms in total. The van der Waals surface area contributed by atoms with Gasteiger partial charge in [0.2, 0.25) is 5.91 Å². The van der Waals surface area contributed by atoms with Gasteiger partial charge in [-0.15, -0.1) is 0 Å². The Hall–Kier alpha value is -4.15. The van der Waals surface area contributed by atoms with E-state index >= 15 is 0 Å². The summed E-state index contributed by atoms with van der Waals surface area (Å²) < 4.78 is 5.97. The van der Waals surface area contributed by atoms with E-state index in [1.165, 1.54) is 0 Å². The summed E-state index contributed by atoms with van der Waals surface area (Å²) in [5.74, 6) is -0.416. The number of carboxylic acids is 1. The van der Waals surface area contributed by atoms with E-state index in [0.717, 1.165) is 40.0 Å². The second kappa shape index (κ2) is 10.2. The molecule has 1 saturated carbocycles. The van der Waals surface area contributed by atoms with E-state index in [0.29, 0.717) is 37.1 Å². The number of benzene rings is 3. The lowest BCUT2D eigenvalue weighted by Crippen LogP contribution is -2.27. The van der Waals surface area contributed by atoms with Crippen molar-refractivity contribution in [2.45, 2.75) is 57.0 Å². The lowest BCUT2D eigenvalue weighted by Gasteiger charge is -2.28. The van der Waals surface area contributed by atoms with Gasteiger partial charge in [0.25, 0.3) is 0 Å². The number of hydrogen-bond donors (Lipinski definition) is 3. The molecule has 0 bridgehead atoms. The van der Waals surface area contributed by atoms with Gasteiger partial charge in [0, 0.05) is 29.0 Å². The van der Waals surface area contributed by atoms with Crippen molar-refractivity contribution >= 4 is 17.6 Å². The topological polar surface area (TPSA) is 120 Å². The van der Waals surface area contributed by atoms with E-state index < -0.39 is 11.6 Å². The van der Waals surface area contributed by atoms with Crippen molar-refractivity contribution in [2.24, 2.45) is 5.92 Å². The number of aliphatic carboxylic acids is 1. The summed E-state index contributed by atoms with van der Waals surface area (Å²) >= 11 is 0. The van der Waals surface area contributed by atoms with Crippen LogP contribution in [0.3, 0.4) is 0 Å². The molecule has 1 heterocycles. The molecule has 1 spiro atoms. The lowest BCUT2D eigenvalue weighted by atomic mass is 9.85. The SMILES string of the molecule is CC(C)(O)c1cccc(-c2ccc3c(c2)[C@]2(CCO3)C[C@H]2C(=O)Nc2cc(C#N)ccc2CCCC(=O)O)c1. The molecular formula is C32H32N2O5. The number of nitriles is 1. The molecular weight excluding hydrogens is 492 g/mol. The van der Waals surface area contributed by atoms with Crippen molar-refractivity contribution in [3.05, 3.63) is 82.9 Å². The smallest absolute Gasteiger partial charge is 0.303 e.